The topological polar surface area (TPSA) is 38.1 Å². The summed E-state index contributed by atoms with van der Waals surface area (Å²) < 4.78 is 1.52. The smallest absolute Gasteiger partial charge is 0.293 e. The zero-order valence-corrected chi connectivity index (χ0v) is 12.1. The predicted molar refractivity (Wildman–Crippen MR) is 79.2 cm³/mol. The van der Waals surface area contributed by atoms with Gasteiger partial charge in [-0.25, -0.2) is 9.78 Å². The molecular formula is C16H19N3O. The van der Waals surface area contributed by atoms with Crippen molar-refractivity contribution in [2.75, 3.05) is 11.4 Å². The van der Waals surface area contributed by atoms with E-state index in [9.17, 15) is 4.79 Å². The van der Waals surface area contributed by atoms with Crippen molar-refractivity contribution in [2.24, 2.45) is 0 Å². The van der Waals surface area contributed by atoms with Gasteiger partial charge in [0.25, 0.3) is 0 Å². The standard InChI is InChI=1S/C16H19N3O/c1-16(2,3)13-4-5-14-12(10-13)6-8-19(14)15(20)18-9-7-17-11-18/h4-5,7,9-11H,6,8H2,1-3H3. The van der Waals surface area contributed by atoms with E-state index >= 15 is 0 Å². The van der Waals surface area contributed by atoms with Gasteiger partial charge in [-0.2, -0.15) is 0 Å². The molecule has 1 amide bonds. The Balaban J connectivity index is 1.93. The van der Waals surface area contributed by atoms with E-state index in [0.29, 0.717) is 0 Å². The van der Waals surface area contributed by atoms with Crippen molar-refractivity contribution >= 4 is 11.7 Å². The Bertz CT molecular complexity index is 638. The number of carbonyl (C=O) groups excluding carboxylic acids is 1. The van der Waals surface area contributed by atoms with Gasteiger partial charge in [0.1, 0.15) is 6.33 Å². The van der Waals surface area contributed by atoms with E-state index in [2.05, 4.69) is 44.0 Å². The van der Waals surface area contributed by atoms with Crippen LogP contribution in [0.1, 0.15) is 31.9 Å². The zero-order valence-electron chi connectivity index (χ0n) is 12.1. The van der Waals surface area contributed by atoms with E-state index in [1.54, 1.807) is 18.7 Å². The summed E-state index contributed by atoms with van der Waals surface area (Å²) in [5, 5.41) is 0. The maximum atomic E-state index is 12.4. The Morgan fingerprint density at radius 2 is 2.10 bits per heavy atom. The molecule has 0 N–H and O–H groups in total. The van der Waals surface area contributed by atoms with Gasteiger partial charge in [0.05, 0.1) is 0 Å². The molecule has 0 aliphatic carbocycles. The van der Waals surface area contributed by atoms with Crippen molar-refractivity contribution in [3.63, 3.8) is 0 Å². The summed E-state index contributed by atoms with van der Waals surface area (Å²) in [5.41, 5.74) is 3.73. The number of benzene rings is 1. The summed E-state index contributed by atoms with van der Waals surface area (Å²) in [6.07, 6.45) is 5.77. The Hall–Kier alpha value is -2.10. The first kappa shape index (κ1) is 12.9. The molecule has 0 fully saturated rings. The van der Waals surface area contributed by atoms with Crippen LogP contribution >= 0.6 is 0 Å². The summed E-state index contributed by atoms with van der Waals surface area (Å²) in [4.78, 5) is 18.2. The van der Waals surface area contributed by atoms with E-state index in [1.165, 1.54) is 15.7 Å². The van der Waals surface area contributed by atoms with Crippen molar-refractivity contribution < 1.29 is 4.79 Å². The highest BCUT2D eigenvalue weighted by atomic mass is 16.2. The van der Waals surface area contributed by atoms with Gasteiger partial charge in [-0.3, -0.25) is 9.47 Å². The summed E-state index contributed by atoms with van der Waals surface area (Å²) in [5.74, 6) is 0. The maximum absolute atomic E-state index is 12.4. The second-order valence-electron chi connectivity index (χ2n) is 6.25. The van der Waals surface area contributed by atoms with Gasteiger partial charge in [0.15, 0.2) is 0 Å². The number of amides is 1. The highest BCUT2D eigenvalue weighted by Gasteiger charge is 2.27. The molecule has 0 radical (unpaired) electrons. The number of fused-ring (bicyclic) bond motifs is 1. The predicted octanol–water partition coefficient (Wildman–Crippen LogP) is 3.21. The third-order valence-corrected chi connectivity index (χ3v) is 3.80. The minimum Gasteiger partial charge on any atom is -0.293 e. The second-order valence-corrected chi connectivity index (χ2v) is 6.25. The first-order valence-corrected chi connectivity index (χ1v) is 6.90. The third-order valence-electron chi connectivity index (χ3n) is 3.80. The number of hydrogen-bond acceptors (Lipinski definition) is 2. The Kier molecular flexibility index (Phi) is 2.89. The quantitative estimate of drug-likeness (QED) is 0.736. The molecule has 4 nitrogen and oxygen atoms in total. The van der Waals surface area contributed by atoms with E-state index in [1.807, 2.05) is 4.90 Å². The molecule has 0 unspecified atom stereocenters. The van der Waals surface area contributed by atoms with Crippen LogP contribution in [0.4, 0.5) is 10.5 Å². The molecule has 1 aromatic carbocycles. The van der Waals surface area contributed by atoms with Gasteiger partial charge in [-0.1, -0.05) is 32.9 Å². The lowest BCUT2D eigenvalue weighted by Gasteiger charge is -2.21. The molecule has 2 heterocycles. The molecule has 104 valence electrons. The summed E-state index contributed by atoms with van der Waals surface area (Å²) in [7, 11) is 0. The largest absolute Gasteiger partial charge is 0.333 e. The zero-order chi connectivity index (χ0) is 14.3. The highest BCUT2D eigenvalue weighted by molar-refractivity contribution is 5.95. The average molecular weight is 269 g/mol. The SMILES string of the molecule is CC(C)(C)c1ccc2c(c1)CCN2C(=O)n1ccnc1. The molecule has 1 aromatic heterocycles. The molecular weight excluding hydrogens is 250 g/mol. The van der Waals surface area contributed by atoms with Crippen LogP contribution < -0.4 is 4.90 Å². The molecule has 1 aliphatic heterocycles. The van der Waals surface area contributed by atoms with Crippen LogP contribution in [-0.2, 0) is 11.8 Å². The first-order valence-electron chi connectivity index (χ1n) is 6.90. The number of aromatic nitrogens is 2. The van der Waals surface area contributed by atoms with Crippen LogP contribution in [-0.4, -0.2) is 22.1 Å². The number of imidazole rings is 1. The van der Waals surface area contributed by atoms with Crippen molar-refractivity contribution in [2.45, 2.75) is 32.6 Å². The van der Waals surface area contributed by atoms with Crippen molar-refractivity contribution in [3.05, 3.63) is 48.0 Å². The average Bonchev–Trinajstić information content (AvgIpc) is 3.06. The highest BCUT2D eigenvalue weighted by Crippen LogP contribution is 2.33. The lowest BCUT2D eigenvalue weighted by Crippen LogP contribution is -2.32. The normalized spacial score (nSPS) is 14.4. The summed E-state index contributed by atoms with van der Waals surface area (Å²) in [6, 6.07) is 6.39. The molecule has 0 saturated heterocycles. The van der Waals surface area contributed by atoms with Crippen molar-refractivity contribution in [3.8, 4) is 0 Å². The number of nitrogens with zero attached hydrogens (tertiary/aromatic N) is 3. The lowest BCUT2D eigenvalue weighted by atomic mass is 9.86. The molecule has 20 heavy (non-hydrogen) atoms. The van der Waals surface area contributed by atoms with Crippen LogP contribution in [0.3, 0.4) is 0 Å². The van der Waals surface area contributed by atoms with E-state index < -0.39 is 0 Å². The van der Waals surface area contributed by atoms with Crippen LogP contribution in [0, 0.1) is 0 Å². The maximum Gasteiger partial charge on any atom is 0.333 e. The van der Waals surface area contributed by atoms with Crippen molar-refractivity contribution in [1.29, 1.82) is 0 Å². The fraction of sp³-hybridized carbons (Fsp3) is 0.375. The molecule has 1 aliphatic rings. The fourth-order valence-corrected chi connectivity index (χ4v) is 2.58. The molecule has 0 saturated carbocycles. The van der Waals surface area contributed by atoms with Crippen LogP contribution in [0.2, 0.25) is 0 Å². The number of hydrogen-bond donors (Lipinski definition) is 0. The third kappa shape index (κ3) is 2.11. The molecule has 2 aromatic rings. The molecule has 4 heteroatoms. The Labute approximate surface area is 119 Å². The first-order chi connectivity index (χ1) is 9.47. The number of carbonyl (C=O) groups is 1. The van der Waals surface area contributed by atoms with Gasteiger partial charge in [-0.15, -0.1) is 0 Å². The van der Waals surface area contributed by atoms with Gasteiger partial charge in [0, 0.05) is 24.6 Å². The van der Waals surface area contributed by atoms with Crippen LogP contribution in [0.25, 0.3) is 0 Å². The van der Waals surface area contributed by atoms with Crippen LogP contribution in [0.5, 0.6) is 0 Å². The minimum absolute atomic E-state index is 0.0373. The number of anilines is 1. The lowest BCUT2D eigenvalue weighted by molar-refractivity contribution is 0.248. The second kappa shape index (κ2) is 4.47. The summed E-state index contributed by atoms with van der Waals surface area (Å²) in [6.45, 7) is 7.36. The monoisotopic (exact) mass is 269 g/mol. The Morgan fingerprint density at radius 1 is 1.30 bits per heavy atom. The van der Waals surface area contributed by atoms with Gasteiger partial charge in [-0.05, 0) is 29.0 Å². The molecule has 0 bridgehead atoms. The molecule has 0 spiro atoms. The van der Waals surface area contributed by atoms with E-state index in [0.717, 1.165) is 18.7 Å². The van der Waals surface area contributed by atoms with Gasteiger partial charge in [0.2, 0.25) is 0 Å². The van der Waals surface area contributed by atoms with Gasteiger partial charge >= 0.3 is 6.03 Å². The van der Waals surface area contributed by atoms with Gasteiger partial charge < -0.3 is 0 Å². The van der Waals surface area contributed by atoms with E-state index in [-0.39, 0.29) is 11.4 Å². The fourth-order valence-electron chi connectivity index (χ4n) is 2.58. The van der Waals surface area contributed by atoms with Crippen molar-refractivity contribution in [1.82, 2.24) is 9.55 Å². The minimum atomic E-state index is -0.0373. The van der Waals surface area contributed by atoms with Crippen LogP contribution in [0.15, 0.2) is 36.9 Å². The molecule has 0 atom stereocenters. The number of rotatable bonds is 0. The summed E-state index contributed by atoms with van der Waals surface area (Å²) >= 11 is 0. The Morgan fingerprint density at radius 3 is 2.75 bits per heavy atom. The van der Waals surface area contributed by atoms with E-state index in [4.69, 9.17) is 0 Å². The molecule has 3 rings (SSSR count).